The highest BCUT2D eigenvalue weighted by atomic mass is 15.2. The summed E-state index contributed by atoms with van der Waals surface area (Å²) in [6.07, 6.45) is 6.61. The molecule has 0 amide bonds. The Bertz CT molecular complexity index is 369. The maximum absolute atomic E-state index is 4.31. The zero-order valence-corrected chi connectivity index (χ0v) is 11.6. The highest BCUT2D eigenvalue weighted by Crippen LogP contribution is 2.25. The van der Waals surface area contributed by atoms with Crippen molar-refractivity contribution in [2.45, 2.75) is 18.9 Å². The monoisotopic (exact) mass is 260 g/mol. The number of aromatic nitrogens is 1. The summed E-state index contributed by atoms with van der Waals surface area (Å²) in [7, 11) is 0. The van der Waals surface area contributed by atoms with Crippen LogP contribution in [0.2, 0.25) is 0 Å². The Kier molecular flexibility index (Phi) is 4.43. The summed E-state index contributed by atoms with van der Waals surface area (Å²) < 4.78 is 0. The molecule has 2 fully saturated rings. The largest absolute Gasteiger partial charge is 0.314 e. The van der Waals surface area contributed by atoms with Crippen LogP contribution < -0.4 is 5.32 Å². The van der Waals surface area contributed by atoms with E-state index in [0.717, 1.165) is 19.6 Å². The minimum Gasteiger partial charge on any atom is -0.314 e. The fourth-order valence-corrected chi connectivity index (χ4v) is 3.20. The summed E-state index contributed by atoms with van der Waals surface area (Å²) >= 11 is 0. The number of piperazine rings is 1. The van der Waals surface area contributed by atoms with Gasteiger partial charge in [-0.05, 0) is 37.6 Å². The average molecular weight is 260 g/mol. The molecule has 3 heterocycles. The topological polar surface area (TPSA) is 31.4 Å². The van der Waals surface area contributed by atoms with Crippen molar-refractivity contribution in [3.63, 3.8) is 0 Å². The molecular weight excluding hydrogens is 236 g/mol. The lowest BCUT2D eigenvalue weighted by molar-refractivity contribution is 0.149. The molecule has 0 bridgehead atoms. The van der Waals surface area contributed by atoms with Gasteiger partial charge in [0.25, 0.3) is 0 Å². The van der Waals surface area contributed by atoms with Gasteiger partial charge < -0.3 is 5.32 Å². The molecule has 0 saturated carbocycles. The Morgan fingerprint density at radius 1 is 1.16 bits per heavy atom. The number of nitrogens with one attached hydrogen (secondary N) is 1. The number of hydrogen-bond acceptors (Lipinski definition) is 4. The van der Waals surface area contributed by atoms with Gasteiger partial charge in [0.15, 0.2) is 0 Å². The van der Waals surface area contributed by atoms with Crippen LogP contribution in [0.25, 0.3) is 0 Å². The van der Waals surface area contributed by atoms with Crippen LogP contribution in [0.5, 0.6) is 0 Å². The number of hydrogen-bond donors (Lipinski definition) is 1. The summed E-state index contributed by atoms with van der Waals surface area (Å²) in [6.45, 7) is 8.22. The minimum atomic E-state index is 0.522. The van der Waals surface area contributed by atoms with E-state index in [1.54, 1.807) is 0 Å². The second-order valence-corrected chi connectivity index (χ2v) is 5.60. The van der Waals surface area contributed by atoms with Crippen LogP contribution in [0, 0.1) is 0 Å². The summed E-state index contributed by atoms with van der Waals surface area (Å²) in [5.74, 6) is 0. The van der Waals surface area contributed by atoms with Crippen LogP contribution in [0.15, 0.2) is 24.5 Å². The smallest absolute Gasteiger partial charge is 0.0490 e. The molecule has 4 heteroatoms. The summed E-state index contributed by atoms with van der Waals surface area (Å²) in [6, 6.07) is 4.82. The molecule has 1 atom stereocenters. The van der Waals surface area contributed by atoms with Crippen LogP contribution in [-0.4, -0.2) is 60.6 Å². The lowest BCUT2D eigenvalue weighted by atomic mass is 10.1. The van der Waals surface area contributed by atoms with E-state index in [1.807, 2.05) is 12.4 Å². The standard InChI is InChI=1S/C15H24N4/c1-2-9-19(8-1)15(14-4-3-5-17-12-14)13-18-10-6-16-7-11-18/h3-5,12,15-16H,1-2,6-11,13H2. The fourth-order valence-electron chi connectivity index (χ4n) is 3.20. The van der Waals surface area contributed by atoms with Crippen molar-refractivity contribution in [3.8, 4) is 0 Å². The van der Waals surface area contributed by atoms with E-state index < -0.39 is 0 Å². The van der Waals surface area contributed by atoms with Crippen molar-refractivity contribution in [2.75, 3.05) is 45.8 Å². The molecule has 1 aromatic heterocycles. The van der Waals surface area contributed by atoms with E-state index in [1.165, 1.54) is 44.6 Å². The van der Waals surface area contributed by atoms with Crippen LogP contribution >= 0.6 is 0 Å². The van der Waals surface area contributed by atoms with Gasteiger partial charge >= 0.3 is 0 Å². The van der Waals surface area contributed by atoms with Gasteiger partial charge in [-0.15, -0.1) is 0 Å². The molecule has 1 unspecified atom stereocenters. The van der Waals surface area contributed by atoms with Gasteiger partial charge in [-0.1, -0.05) is 6.07 Å². The molecule has 104 valence electrons. The van der Waals surface area contributed by atoms with Crippen molar-refractivity contribution < 1.29 is 0 Å². The van der Waals surface area contributed by atoms with E-state index in [-0.39, 0.29) is 0 Å². The molecule has 0 aliphatic carbocycles. The predicted octanol–water partition coefficient (Wildman–Crippen LogP) is 1.12. The van der Waals surface area contributed by atoms with Gasteiger partial charge in [-0.3, -0.25) is 14.8 Å². The fraction of sp³-hybridized carbons (Fsp3) is 0.667. The second kappa shape index (κ2) is 6.46. The van der Waals surface area contributed by atoms with Gasteiger partial charge in [-0.25, -0.2) is 0 Å². The molecule has 2 saturated heterocycles. The summed E-state index contributed by atoms with van der Waals surface area (Å²) in [5.41, 5.74) is 1.38. The molecule has 0 aromatic carbocycles. The van der Waals surface area contributed by atoms with Crippen LogP contribution in [0.3, 0.4) is 0 Å². The van der Waals surface area contributed by atoms with Gasteiger partial charge in [0, 0.05) is 51.2 Å². The van der Waals surface area contributed by atoms with E-state index in [4.69, 9.17) is 0 Å². The maximum Gasteiger partial charge on any atom is 0.0490 e. The Hall–Kier alpha value is -0.970. The number of rotatable bonds is 4. The number of likely N-dealkylation sites (tertiary alicyclic amines) is 1. The zero-order valence-electron chi connectivity index (χ0n) is 11.6. The van der Waals surface area contributed by atoms with Crippen molar-refractivity contribution >= 4 is 0 Å². The highest BCUT2D eigenvalue weighted by Gasteiger charge is 2.26. The molecule has 0 radical (unpaired) electrons. The quantitative estimate of drug-likeness (QED) is 0.879. The molecule has 2 aliphatic heterocycles. The predicted molar refractivity (Wildman–Crippen MR) is 77.1 cm³/mol. The normalized spacial score (nSPS) is 23.6. The Balaban J connectivity index is 1.72. The first-order chi connectivity index (χ1) is 9.43. The maximum atomic E-state index is 4.31. The molecule has 0 spiro atoms. The summed E-state index contributed by atoms with van der Waals surface area (Å²) in [5, 5.41) is 3.43. The third-order valence-corrected chi connectivity index (χ3v) is 4.29. The Labute approximate surface area is 115 Å². The lowest BCUT2D eigenvalue weighted by Crippen LogP contribution is -2.47. The Morgan fingerprint density at radius 2 is 1.95 bits per heavy atom. The first-order valence-corrected chi connectivity index (χ1v) is 7.50. The SMILES string of the molecule is c1cncc(C(CN2CCNCC2)N2CCCC2)c1. The van der Waals surface area contributed by atoms with Gasteiger partial charge in [0.05, 0.1) is 0 Å². The molecule has 1 N–H and O–H groups in total. The third kappa shape index (κ3) is 3.32. The first kappa shape index (κ1) is 13.0. The van der Waals surface area contributed by atoms with Crippen LogP contribution in [-0.2, 0) is 0 Å². The van der Waals surface area contributed by atoms with E-state index in [9.17, 15) is 0 Å². The van der Waals surface area contributed by atoms with Gasteiger partial charge in [0.1, 0.15) is 0 Å². The lowest BCUT2D eigenvalue weighted by Gasteiger charge is -2.35. The molecule has 2 aliphatic rings. The van der Waals surface area contributed by atoms with Crippen molar-refractivity contribution in [1.82, 2.24) is 20.1 Å². The van der Waals surface area contributed by atoms with Crippen LogP contribution in [0.4, 0.5) is 0 Å². The van der Waals surface area contributed by atoms with Gasteiger partial charge in [0.2, 0.25) is 0 Å². The second-order valence-electron chi connectivity index (χ2n) is 5.60. The van der Waals surface area contributed by atoms with Crippen LogP contribution in [0.1, 0.15) is 24.4 Å². The zero-order chi connectivity index (χ0) is 12.9. The minimum absolute atomic E-state index is 0.522. The van der Waals surface area contributed by atoms with E-state index in [2.05, 4.69) is 32.2 Å². The molecular formula is C15H24N4. The highest BCUT2D eigenvalue weighted by molar-refractivity contribution is 5.15. The van der Waals surface area contributed by atoms with Crippen molar-refractivity contribution in [2.24, 2.45) is 0 Å². The van der Waals surface area contributed by atoms with E-state index in [0.29, 0.717) is 6.04 Å². The molecule has 4 nitrogen and oxygen atoms in total. The van der Waals surface area contributed by atoms with Crippen molar-refractivity contribution in [1.29, 1.82) is 0 Å². The third-order valence-electron chi connectivity index (χ3n) is 4.29. The first-order valence-electron chi connectivity index (χ1n) is 7.50. The van der Waals surface area contributed by atoms with E-state index >= 15 is 0 Å². The number of pyridine rings is 1. The summed E-state index contributed by atoms with van der Waals surface area (Å²) in [4.78, 5) is 9.54. The average Bonchev–Trinajstić information content (AvgIpc) is 3.01. The molecule has 19 heavy (non-hydrogen) atoms. The Morgan fingerprint density at radius 3 is 2.63 bits per heavy atom. The molecule has 1 aromatic rings. The molecule has 3 rings (SSSR count). The number of nitrogens with zero attached hydrogens (tertiary/aromatic N) is 3. The van der Waals surface area contributed by atoms with Gasteiger partial charge in [-0.2, -0.15) is 0 Å². The van der Waals surface area contributed by atoms with Crippen molar-refractivity contribution in [3.05, 3.63) is 30.1 Å².